The summed E-state index contributed by atoms with van der Waals surface area (Å²) in [4.78, 5) is 28.6. The zero-order valence-corrected chi connectivity index (χ0v) is 22.1. The summed E-state index contributed by atoms with van der Waals surface area (Å²) in [5, 5.41) is 4.27. The standard InChI is InChI=1S/C28H30Cl2N2O2S/c1-2-15-31-28(34)26(17-21-9-4-3-5-10-21)32(18-22-11-8-13-24(29)16-22)27(33)20-35-19-23-12-6-7-14-25(23)30/h3-14,16,26H,2,15,17-20H2,1H3,(H,31,34). The third kappa shape index (κ3) is 8.60. The van der Waals surface area contributed by atoms with Crippen LogP contribution in [0.2, 0.25) is 10.0 Å². The molecule has 0 bridgehead atoms. The predicted octanol–water partition coefficient (Wildman–Crippen LogP) is 6.39. The molecule has 3 aromatic rings. The van der Waals surface area contributed by atoms with E-state index in [0.29, 0.717) is 35.3 Å². The van der Waals surface area contributed by atoms with E-state index in [-0.39, 0.29) is 17.6 Å². The lowest BCUT2D eigenvalue weighted by atomic mass is 10.0. The highest BCUT2D eigenvalue weighted by molar-refractivity contribution is 7.99. The monoisotopic (exact) mass is 528 g/mol. The van der Waals surface area contributed by atoms with Crippen LogP contribution in [0.1, 0.15) is 30.0 Å². The summed E-state index contributed by atoms with van der Waals surface area (Å²) < 4.78 is 0. The second-order valence-electron chi connectivity index (χ2n) is 8.23. The molecule has 1 N–H and O–H groups in total. The molecule has 0 saturated heterocycles. The molecule has 3 aromatic carbocycles. The van der Waals surface area contributed by atoms with Gasteiger partial charge in [-0.25, -0.2) is 0 Å². The van der Waals surface area contributed by atoms with Crippen molar-refractivity contribution < 1.29 is 9.59 Å². The van der Waals surface area contributed by atoms with E-state index in [1.54, 1.807) is 11.0 Å². The maximum absolute atomic E-state index is 13.6. The lowest BCUT2D eigenvalue weighted by Gasteiger charge is -2.31. The van der Waals surface area contributed by atoms with Crippen LogP contribution in [0.3, 0.4) is 0 Å². The largest absolute Gasteiger partial charge is 0.354 e. The van der Waals surface area contributed by atoms with E-state index >= 15 is 0 Å². The molecule has 0 radical (unpaired) electrons. The highest BCUT2D eigenvalue weighted by atomic mass is 35.5. The van der Waals surface area contributed by atoms with Crippen LogP contribution in [-0.4, -0.2) is 35.1 Å². The van der Waals surface area contributed by atoms with Crippen molar-refractivity contribution in [2.24, 2.45) is 0 Å². The maximum atomic E-state index is 13.6. The van der Waals surface area contributed by atoms with Crippen molar-refractivity contribution in [3.63, 3.8) is 0 Å². The highest BCUT2D eigenvalue weighted by Gasteiger charge is 2.30. The Kier molecular flexibility index (Phi) is 11.0. The van der Waals surface area contributed by atoms with Gasteiger partial charge in [0.25, 0.3) is 0 Å². The van der Waals surface area contributed by atoms with Gasteiger partial charge in [-0.2, -0.15) is 0 Å². The number of carbonyl (C=O) groups excluding carboxylic acids is 2. The van der Waals surface area contributed by atoms with Crippen LogP contribution < -0.4 is 5.32 Å². The summed E-state index contributed by atoms with van der Waals surface area (Å²) >= 11 is 14.0. The molecule has 3 rings (SSSR count). The lowest BCUT2D eigenvalue weighted by Crippen LogP contribution is -2.51. The van der Waals surface area contributed by atoms with Crippen molar-refractivity contribution >= 4 is 46.8 Å². The molecule has 2 amide bonds. The minimum absolute atomic E-state index is 0.102. The molecule has 0 spiro atoms. The van der Waals surface area contributed by atoms with Crippen molar-refractivity contribution in [1.82, 2.24) is 10.2 Å². The summed E-state index contributed by atoms with van der Waals surface area (Å²) in [5.74, 6) is 0.594. The van der Waals surface area contributed by atoms with Gasteiger partial charge in [-0.05, 0) is 41.3 Å². The Morgan fingerprint density at radius 1 is 0.943 bits per heavy atom. The quantitative estimate of drug-likeness (QED) is 0.296. The Hall–Kier alpha value is -2.47. The number of nitrogens with zero attached hydrogens (tertiary/aromatic N) is 1. The first-order chi connectivity index (χ1) is 17.0. The molecule has 0 aliphatic heterocycles. The van der Waals surface area contributed by atoms with E-state index < -0.39 is 6.04 Å². The summed E-state index contributed by atoms with van der Waals surface area (Å²) in [7, 11) is 0. The van der Waals surface area contributed by atoms with Crippen molar-refractivity contribution in [3.05, 3.63) is 106 Å². The third-order valence-electron chi connectivity index (χ3n) is 5.50. The Bertz CT molecular complexity index is 1110. The fourth-order valence-electron chi connectivity index (χ4n) is 3.70. The van der Waals surface area contributed by atoms with Gasteiger partial charge in [0.15, 0.2) is 0 Å². The zero-order valence-electron chi connectivity index (χ0n) is 19.8. The van der Waals surface area contributed by atoms with E-state index in [1.807, 2.05) is 79.7 Å². The summed E-state index contributed by atoms with van der Waals surface area (Å²) in [6.45, 7) is 2.86. The minimum Gasteiger partial charge on any atom is -0.354 e. The number of carbonyl (C=O) groups is 2. The van der Waals surface area contributed by atoms with Crippen LogP contribution in [0.15, 0.2) is 78.9 Å². The number of hydrogen-bond acceptors (Lipinski definition) is 3. The summed E-state index contributed by atoms with van der Waals surface area (Å²) in [6, 6.07) is 24.2. The van der Waals surface area contributed by atoms with Gasteiger partial charge in [0.1, 0.15) is 6.04 Å². The molecule has 0 aliphatic carbocycles. The van der Waals surface area contributed by atoms with E-state index in [2.05, 4.69) is 5.32 Å². The van der Waals surface area contributed by atoms with Gasteiger partial charge < -0.3 is 10.2 Å². The van der Waals surface area contributed by atoms with Gasteiger partial charge >= 0.3 is 0 Å². The lowest BCUT2D eigenvalue weighted by molar-refractivity contribution is -0.139. The third-order valence-corrected chi connectivity index (χ3v) is 7.07. The number of rotatable bonds is 12. The van der Waals surface area contributed by atoms with Crippen LogP contribution in [-0.2, 0) is 28.3 Å². The molecule has 35 heavy (non-hydrogen) atoms. The van der Waals surface area contributed by atoms with Gasteiger partial charge in [0.2, 0.25) is 11.8 Å². The number of amides is 2. The van der Waals surface area contributed by atoms with Crippen LogP contribution in [0.25, 0.3) is 0 Å². The average Bonchev–Trinajstić information content (AvgIpc) is 2.86. The zero-order chi connectivity index (χ0) is 25.0. The van der Waals surface area contributed by atoms with E-state index in [0.717, 1.165) is 23.1 Å². The fourth-order valence-corrected chi connectivity index (χ4v) is 5.11. The van der Waals surface area contributed by atoms with Crippen molar-refractivity contribution in [2.75, 3.05) is 12.3 Å². The minimum atomic E-state index is -0.642. The molecule has 4 nitrogen and oxygen atoms in total. The van der Waals surface area contributed by atoms with E-state index in [9.17, 15) is 9.59 Å². The maximum Gasteiger partial charge on any atom is 0.243 e. The number of thioether (sulfide) groups is 1. The number of nitrogens with one attached hydrogen (secondary N) is 1. The first-order valence-corrected chi connectivity index (χ1v) is 13.6. The van der Waals surface area contributed by atoms with Crippen molar-refractivity contribution in [2.45, 2.75) is 38.1 Å². The summed E-state index contributed by atoms with van der Waals surface area (Å²) in [6.07, 6.45) is 1.25. The molecule has 7 heteroatoms. The average molecular weight is 530 g/mol. The van der Waals surface area contributed by atoms with E-state index in [1.165, 1.54) is 11.8 Å². The first kappa shape index (κ1) is 27.1. The Morgan fingerprint density at radius 3 is 2.37 bits per heavy atom. The molecular formula is C28H30Cl2N2O2S. The van der Waals surface area contributed by atoms with Crippen molar-refractivity contribution in [3.8, 4) is 0 Å². The highest BCUT2D eigenvalue weighted by Crippen LogP contribution is 2.23. The van der Waals surface area contributed by atoms with Crippen LogP contribution in [0.4, 0.5) is 0 Å². The second kappa shape index (κ2) is 14.2. The molecule has 1 atom stereocenters. The second-order valence-corrected chi connectivity index (χ2v) is 10.1. The van der Waals surface area contributed by atoms with Gasteiger partial charge in [-0.3, -0.25) is 9.59 Å². The molecule has 1 unspecified atom stereocenters. The molecule has 0 heterocycles. The smallest absolute Gasteiger partial charge is 0.243 e. The van der Waals surface area contributed by atoms with Gasteiger partial charge in [-0.1, -0.05) is 90.8 Å². The van der Waals surface area contributed by atoms with Gasteiger partial charge in [-0.15, -0.1) is 11.8 Å². The fraction of sp³-hybridized carbons (Fsp3) is 0.286. The Morgan fingerprint density at radius 2 is 1.66 bits per heavy atom. The molecule has 0 aliphatic rings. The van der Waals surface area contributed by atoms with Crippen molar-refractivity contribution in [1.29, 1.82) is 0 Å². The SMILES string of the molecule is CCCNC(=O)C(Cc1ccccc1)N(Cc1cccc(Cl)c1)C(=O)CSCc1ccccc1Cl. The number of halogens is 2. The van der Waals surface area contributed by atoms with Gasteiger partial charge in [0, 0.05) is 35.3 Å². The van der Waals surface area contributed by atoms with Crippen LogP contribution >= 0.6 is 35.0 Å². The predicted molar refractivity (Wildman–Crippen MR) is 147 cm³/mol. The first-order valence-electron chi connectivity index (χ1n) is 11.6. The number of hydrogen-bond donors (Lipinski definition) is 1. The van der Waals surface area contributed by atoms with Crippen LogP contribution in [0, 0.1) is 0 Å². The molecule has 0 fully saturated rings. The molecule has 184 valence electrons. The molecule has 0 aromatic heterocycles. The Balaban J connectivity index is 1.84. The summed E-state index contributed by atoms with van der Waals surface area (Å²) in [5.41, 5.74) is 2.86. The molecule has 0 saturated carbocycles. The number of benzene rings is 3. The Labute approximate surface area is 222 Å². The normalized spacial score (nSPS) is 11.6. The molecular weight excluding hydrogens is 499 g/mol. The van der Waals surface area contributed by atoms with Crippen LogP contribution in [0.5, 0.6) is 0 Å². The van der Waals surface area contributed by atoms with Gasteiger partial charge in [0.05, 0.1) is 5.75 Å². The van der Waals surface area contributed by atoms with E-state index in [4.69, 9.17) is 23.2 Å². The topological polar surface area (TPSA) is 49.4 Å².